The van der Waals surface area contributed by atoms with Crippen molar-refractivity contribution in [1.29, 1.82) is 0 Å². The van der Waals surface area contributed by atoms with Gasteiger partial charge in [0.05, 0.1) is 11.4 Å². The zero-order chi connectivity index (χ0) is 21.2. The van der Waals surface area contributed by atoms with E-state index in [0.29, 0.717) is 0 Å². The maximum absolute atomic E-state index is 13.0. The zero-order valence-corrected chi connectivity index (χ0v) is 17.8. The van der Waals surface area contributed by atoms with Gasteiger partial charge in [-0.25, -0.2) is 0 Å². The van der Waals surface area contributed by atoms with Gasteiger partial charge in [-0.15, -0.1) is 0 Å². The number of aliphatic imine (C=N–C) groups is 1. The lowest BCUT2D eigenvalue weighted by Crippen LogP contribution is -2.22. The van der Waals surface area contributed by atoms with Gasteiger partial charge in [-0.05, 0) is 73.3 Å². The van der Waals surface area contributed by atoms with Crippen LogP contribution in [0.1, 0.15) is 41.0 Å². The Hall–Kier alpha value is -3.24. The maximum atomic E-state index is 13.0. The summed E-state index contributed by atoms with van der Waals surface area (Å²) in [5.41, 5.74) is 6.94. The summed E-state index contributed by atoms with van der Waals surface area (Å²) in [6, 6.07) is 24.6. The van der Waals surface area contributed by atoms with E-state index in [1.807, 2.05) is 49.4 Å². The van der Waals surface area contributed by atoms with Crippen LogP contribution in [0.5, 0.6) is 0 Å². The Morgan fingerprint density at radius 3 is 2.48 bits per heavy atom. The van der Waals surface area contributed by atoms with Crippen molar-refractivity contribution < 1.29 is 4.79 Å². The molecule has 5 rings (SSSR count). The fourth-order valence-corrected chi connectivity index (χ4v) is 4.57. The van der Waals surface area contributed by atoms with Gasteiger partial charge in [0.2, 0.25) is 5.91 Å². The van der Waals surface area contributed by atoms with Crippen molar-refractivity contribution in [2.24, 2.45) is 4.99 Å². The molecule has 2 aliphatic heterocycles. The monoisotopic (exact) mass is 409 g/mol. The topological polar surface area (TPSA) is 44.7 Å². The van der Waals surface area contributed by atoms with Gasteiger partial charge in [0.15, 0.2) is 0 Å². The van der Waals surface area contributed by atoms with E-state index in [1.165, 1.54) is 31.5 Å². The summed E-state index contributed by atoms with van der Waals surface area (Å²) in [5, 5.41) is 3.05. The van der Waals surface area contributed by atoms with Gasteiger partial charge >= 0.3 is 0 Å². The van der Waals surface area contributed by atoms with Crippen LogP contribution in [0.3, 0.4) is 0 Å². The van der Waals surface area contributed by atoms with Crippen molar-refractivity contribution in [1.82, 2.24) is 4.90 Å². The number of carbonyl (C=O) groups is 1. The molecule has 0 radical (unpaired) electrons. The minimum atomic E-state index is -0.415. The van der Waals surface area contributed by atoms with Crippen molar-refractivity contribution in [2.45, 2.75) is 32.2 Å². The lowest BCUT2D eigenvalue weighted by atomic mass is 9.90. The molecule has 0 aliphatic carbocycles. The van der Waals surface area contributed by atoms with Crippen molar-refractivity contribution in [2.75, 3.05) is 18.4 Å². The van der Waals surface area contributed by atoms with E-state index in [4.69, 9.17) is 4.99 Å². The zero-order valence-electron chi connectivity index (χ0n) is 17.8. The SMILES string of the molecule is Cc1ccc2c(c1)NC(=O)C2C(=Nc1ccc(CN2CCCC2)cc1)c1ccccc1. The number of hydrogen-bond donors (Lipinski definition) is 1. The second kappa shape index (κ2) is 8.48. The Balaban J connectivity index is 1.50. The smallest absolute Gasteiger partial charge is 0.238 e. The molecule has 0 aromatic heterocycles. The minimum absolute atomic E-state index is 0.0196. The lowest BCUT2D eigenvalue weighted by molar-refractivity contribution is -0.115. The predicted molar refractivity (Wildman–Crippen MR) is 126 cm³/mol. The molecular weight excluding hydrogens is 382 g/mol. The lowest BCUT2D eigenvalue weighted by Gasteiger charge is -2.15. The summed E-state index contributed by atoms with van der Waals surface area (Å²) in [5.74, 6) is -0.434. The van der Waals surface area contributed by atoms with Crippen molar-refractivity contribution in [3.63, 3.8) is 0 Å². The second-order valence-electron chi connectivity index (χ2n) is 8.53. The van der Waals surface area contributed by atoms with Crippen LogP contribution in [0.4, 0.5) is 11.4 Å². The van der Waals surface area contributed by atoms with E-state index in [0.717, 1.165) is 40.3 Å². The fraction of sp³-hybridized carbons (Fsp3) is 0.259. The average Bonchev–Trinajstić information content (AvgIpc) is 3.40. The van der Waals surface area contributed by atoms with Crippen molar-refractivity contribution >= 4 is 23.0 Å². The van der Waals surface area contributed by atoms with Crippen molar-refractivity contribution in [3.05, 3.63) is 95.1 Å². The van der Waals surface area contributed by atoms with Gasteiger partial charge in [0, 0.05) is 12.2 Å². The number of anilines is 1. The number of carbonyl (C=O) groups excluding carboxylic acids is 1. The number of benzene rings is 3. The van der Waals surface area contributed by atoms with Gasteiger partial charge < -0.3 is 5.32 Å². The molecule has 1 saturated heterocycles. The first kappa shape index (κ1) is 19.7. The first-order valence-electron chi connectivity index (χ1n) is 11.0. The van der Waals surface area contributed by atoms with Crippen LogP contribution in [0.15, 0.2) is 77.8 Å². The van der Waals surface area contributed by atoms with E-state index in [2.05, 4.69) is 40.5 Å². The van der Waals surface area contributed by atoms with Crippen LogP contribution in [0, 0.1) is 6.92 Å². The van der Waals surface area contributed by atoms with E-state index in [9.17, 15) is 4.79 Å². The second-order valence-corrected chi connectivity index (χ2v) is 8.53. The highest BCUT2D eigenvalue weighted by Crippen LogP contribution is 2.36. The Kier molecular flexibility index (Phi) is 5.39. The Bertz CT molecular complexity index is 1110. The molecule has 4 nitrogen and oxygen atoms in total. The molecule has 3 aromatic carbocycles. The molecule has 31 heavy (non-hydrogen) atoms. The molecule has 4 heteroatoms. The normalized spacial score (nSPS) is 18.8. The van der Waals surface area contributed by atoms with Crippen LogP contribution >= 0.6 is 0 Å². The molecule has 156 valence electrons. The van der Waals surface area contributed by atoms with Gasteiger partial charge in [0.25, 0.3) is 0 Å². The first-order chi connectivity index (χ1) is 15.2. The first-order valence-corrected chi connectivity index (χ1v) is 11.0. The summed E-state index contributed by atoms with van der Waals surface area (Å²) < 4.78 is 0. The van der Waals surface area contributed by atoms with Crippen LogP contribution in [0.25, 0.3) is 0 Å². The molecule has 2 aliphatic rings. The molecule has 0 bridgehead atoms. The van der Waals surface area contributed by atoms with Crippen molar-refractivity contribution in [3.8, 4) is 0 Å². The summed E-state index contributed by atoms with van der Waals surface area (Å²) in [6.07, 6.45) is 2.60. The average molecular weight is 410 g/mol. The Morgan fingerprint density at radius 1 is 1.00 bits per heavy atom. The van der Waals surface area contributed by atoms with Gasteiger partial charge in [-0.3, -0.25) is 14.7 Å². The highest BCUT2D eigenvalue weighted by Gasteiger charge is 2.35. The third kappa shape index (κ3) is 4.17. The number of nitrogens with one attached hydrogen (secondary N) is 1. The number of likely N-dealkylation sites (tertiary alicyclic amines) is 1. The van der Waals surface area contributed by atoms with E-state index in [-0.39, 0.29) is 5.91 Å². The molecule has 0 spiro atoms. The molecule has 2 heterocycles. The molecular formula is C27H27N3O. The highest BCUT2D eigenvalue weighted by molar-refractivity contribution is 6.24. The number of hydrogen-bond acceptors (Lipinski definition) is 3. The van der Waals surface area contributed by atoms with Gasteiger partial charge in [-0.2, -0.15) is 0 Å². The van der Waals surface area contributed by atoms with E-state index < -0.39 is 5.92 Å². The van der Waals surface area contributed by atoms with Crippen LogP contribution in [-0.4, -0.2) is 29.6 Å². The molecule has 1 N–H and O–H groups in total. The van der Waals surface area contributed by atoms with Crippen LogP contribution < -0.4 is 5.32 Å². The van der Waals surface area contributed by atoms with Crippen LogP contribution in [-0.2, 0) is 11.3 Å². The Morgan fingerprint density at radius 2 is 1.74 bits per heavy atom. The number of aryl methyl sites for hydroxylation is 1. The molecule has 0 saturated carbocycles. The van der Waals surface area contributed by atoms with E-state index >= 15 is 0 Å². The standard InChI is InChI=1S/C27H27N3O/c1-19-9-14-23-24(17-19)29-27(31)25(23)26(21-7-3-2-4-8-21)28-22-12-10-20(11-13-22)18-30-15-5-6-16-30/h2-4,7-14,17,25H,5-6,15-16,18H2,1H3,(H,29,31). The predicted octanol–water partition coefficient (Wildman–Crippen LogP) is 5.45. The molecule has 1 unspecified atom stereocenters. The summed E-state index contributed by atoms with van der Waals surface area (Å²) >= 11 is 0. The summed E-state index contributed by atoms with van der Waals surface area (Å²) in [6.45, 7) is 5.41. The fourth-order valence-electron chi connectivity index (χ4n) is 4.57. The third-order valence-electron chi connectivity index (χ3n) is 6.17. The van der Waals surface area contributed by atoms with Crippen LogP contribution in [0.2, 0.25) is 0 Å². The third-order valence-corrected chi connectivity index (χ3v) is 6.17. The number of rotatable bonds is 5. The van der Waals surface area contributed by atoms with Gasteiger partial charge in [0.1, 0.15) is 5.92 Å². The molecule has 1 amide bonds. The summed E-state index contributed by atoms with van der Waals surface area (Å²) in [7, 11) is 0. The summed E-state index contributed by atoms with van der Waals surface area (Å²) in [4.78, 5) is 20.5. The molecule has 1 atom stereocenters. The quantitative estimate of drug-likeness (QED) is 0.570. The van der Waals surface area contributed by atoms with Gasteiger partial charge in [-0.1, -0.05) is 54.6 Å². The molecule has 1 fully saturated rings. The molecule has 3 aromatic rings. The Labute approximate surface area is 183 Å². The number of fused-ring (bicyclic) bond motifs is 1. The number of nitrogens with zero attached hydrogens (tertiary/aromatic N) is 2. The largest absolute Gasteiger partial charge is 0.325 e. The maximum Gasteiger partial charge on any atom is 0.238 e. The van der Waals surface area contributed by atoms with E-state index in [1.54, 1.807) is 0 Å². The number of amides is 1. The minimum Gasteiger partial charge on any atom is -0.325 e. The highest BCUT2D eigenvalue weighted by atomic mass is 16.2.